The first-order valence-electron chi connectivity index (χ1n) is 11.3. The number of likely N-dealkylation sites (tertiary alicyclic amines) is 1. The van der Waals surface area contributed by atoms with Crippen LogP contribution < -0.4 is 10.3 Å². The molecule has 0 spiro atoms. The Balaban J connectivity index is 1.46. The molecular formula is C24H32N4O3. The van der Waals surface area contributed by atoms with E-state index >= 15 is 0 Å². The number of hydrogen-bond acceptors (Lipinski definition) is 5. The molecule has 4 rings (SSSR count). The largest absolute Gasteiger partial charge is 0.497 e. The van der Waals surface area contributed by atoms with Crippen LogP contribution in [0.25, 0.3) is 0 Å². The van der Waals surface area contributed by atoms with Crippen LogP contribution in [-0.4, -0.2) is 52.4 Å². The van der Waals surface area contributed by atoms with Crippen LogP contribution in [0.2, 0.25) is 0 Å². The molecule has 3 heterocycles. The highest BCUT2D eigenvalue weighted by molar-refractivity contribution is 5.76. The van der Waals surface area contributed by atoms with E-state index in [0.29, 0.717) is 31.5 Å². The van der Waals surface area contributed by atoms with E-state index < -0.39 is 0 Å². The number of nitrogens with zero attached hydrogens (tertiary/aromatic N) is 3. The lowest BCUT2D eigenvalue weighted by Gasteiger charge is -2.33. The minimum absolute atomic E-state index is 0.0843. The van der Waals surface area contributed by atoms with Crippen LogP contribution in [0, 0.1) is 0 Å². The van der Waals surface area contributed by atoms with Crippen LogP contribution in [0.15, 0.2) is 29.1 Å². The summed E-state index contributed by atoms with van der Waals surface area (Å²) in [6.45, 7) is 5.80. The predicted octanol–water partition coefficient (Wildman–Crippen LogP) is 2.84. The molecule has 166 valence electrons. The van der Waals surface area contributed by atoms with Gasteiger partial charge in [0.25, 0.3) is 5.56 Å². The van der Waals surface area contributed by atoms with Crippen LogP contribution in [0.5, 0.6) is 5.75 Å². The van der Waals surface area contributed by atoms with Gasteiger partial charge in [0, 0.05) is 38.4 Å². The fourth-order valence-electron chi connectivity index (χ4n) is 4.67. The van der Waals surface area contributed by atoms with Crippen molar-refractivity contribution in [2.75, 3.05) is 26.7 Å². The Morgan fingerprint density at radius 1 is 1.32 bits per heavy atom. The molecule has 1 atom stereocenters. The van der Waals surface area contributed by atoms with E-state index in [0.717, 1.165) is 56.2 Å². The number of hydrogen-bond donors (Lipinski definition) is 1. The maximum atomic E-state index is 12.8. The van der Waals surface area contributed by atoms with E-state index in [2.05, 4.69) is 22.0 Å². The number of amides is 1. The van der Waals surface area contributed by atoms with Crippen molar-refractivity contribution in [3.05, 3.63) is 57.3 Å². The van der Waals surface area contributed by atoms with Gasteiger partial charge in [0.15, 0.2) is 0 Å². The van der Waals surface area contributed by atoms with Gasteiger partial charge >= 0.3 is 0 Å². The van der Waals surface area contributed by atoms with Crippen molar-refractivity contribution < 1.29 is 9.53 Å². The molecule has 1 fully saturated rings. The Kier molecular flexibility index (Phi) is 6.70. The van der Waals surface area contributed by atoms with Gasteiger partial charge in [0.1, 0.15) is 11.6 Å². The molecule has 1 aromatic carbocycles. The SMILES string of the molecule is CCCC(=O)N1CCc2nc(C3CCCN(Cc4cccc(OC)c4)C3)[nH]c(=O)c2C1. The molecule has 2 aliphatic rings. The second-order valence-electron chi connectivity index (χ2n) is 8.62. The molecule has 31 heavy (non-hydrogen) atoms. The Labute approximate surface area is 183 Å². The fourth-order valence-corrected chi connectivity index (χ4v) is 4.67. The van der Waals surface area contributed by atoms with Gasteiger partial charge in [-0.3, -0.25) is 14.5 Å². The van der Waals surface area contributed by atoms with Crippen LogP contribution in [0.1, 0.15) is 61.2 Å². The summed E-state index contributed by atoms with van der Waals surface area (Å²) in [7, 11) is 1.69. The van der Waals surface area contributed by atoms with Gasteiger partial charge in [-0.05, 0) is 43.5 Å². The van der Waals surface area contributed by atoms with Crippen molar-refractivity contribution >= 4 is 5.91 Å². The highest BCUT2D eigenvalue weighted by Gasteiger charge is 2.28. The lowest BCUT2D eigenvalue weighted by Crippen LogP contribution is -2.40. The monoisotopic (exact) mass is 424 g/mol. The standard InChI is InChI=1S/C24H32N4O3/c1-3-6-22(29)28-12-10-21-20(16-28)24(30)26-23(25-21)18-8-5-11-27(15-18)14-17-7-4-9-19(13-17)31-2/h4,7,9,13,18H,3,5-6,8,10-12,14-16H2,1-2H3,(H,25,26,30). The highest BCUT2D eigenvalue weighted by atomic mass is 16.5. The lowest BCUT2D eigenvalue weighted by molar-refractivity contribution is -0.132. The molecule has 0 aliphatic carbocycles. The summed E-state index contributed by atoms with van der Waals surface area (Å²) in [6.07, 6.45) is 4.11. The number of aromatic amines is 1. The Morgan fingerprint density at radius 3 is 3.00 bits per heavy atom. The topological polar surface area (TPSA) is 78.5 Å². The second-order valence-corrected chi connectivity index (χ2v) is 8.62. The highest BCUT2D eigenvalue weighted by Crippen LogP contribution is 2.27. The maximum Gasteiger partial charge on any atom is 0.256 e. The third-order valence-electron chi connectivity index (χ3n) is 6.34. The van der Waals surface area contributed by atoms with Crippen molar-refractivity contribution in [2.24, 2.45) is 0 Å². The Morgan fingerprint density at radius 2 is 2.19 bits per heavy atom. The Bertz CT molecular complexity index is 987. The molecule has 2 aromatic rings. The zero-order chi connectivity index (χ0) is 21.8. The first kappa shape index (κ1) is 21.6. The molecular weight excluding hydrogens is 392 g/mol. The van der Waals surface area contributed by atoms with Crippen molar-refractivity contribution in [1.82, 2.24) is 19.8 Å². The van der Waals surface area contributed by atoms with Gasteiger partial charge < -0.3 is 14.6 Å². The van der Waals surface area contributed by atoms with Gasteiger partial charge in [-0.2, -0.15) is 0 Å². The van der Waals surface area contributed by atoms with Gasteiger partial charge in [0.2, 0.25) is 5.91 Å². The average Bonchev–Trinajstić information content (AvgIpc) is 2.79. The predicted molar refractivity (Wildman–Crippen MR) is 119 cm³/mol. The summed E-state index contributed by atoms with van der Waals surface area (Å²) in [4.78, 5) is 37.2. The van der Waals surface area contributed by atoms with Gasteiger partial charge in [0.05, 0.1) is 24.9 Å². The average molecular weight is 425 g/mol. The van der Waals surface area contributed by atoms with E-state index in [1.807, 2.05) is 19.1 Å². The van der Waals surface area contributed by atoms with E-state index in [9.17, 15) is 9.59 Å². The van der Waals surface area contributed by atoms with Crippen LogP contribution in [0.4, 0.5) is 0 Å². The maximum absolute atomic E-state index is 12.8. The number of benzene rings is 1. The summed E-state index contributed by atoms with van der Waals surface area (Å²) in [5.41, 5.74) is 2.66. The van der Waals surface area contributed by atoms with Crippen molar-refractivity contribution in [3.63, 3.8) is 0 Å². The molecule has 2 aliphatic heterocycles. The van der Waals surface area contributed by atoms with Gasteiger partial charge in [-0.1, -0.05) is 19.1 Å². The molecule has 1 N–H and O–H groups in total. The molecule has 0 bridgehead atoms. The minimum Gasteiger partial charge on any atom is -0.497 e. The smallest absolute Gasteiger partial charge is 0.256 e. The summed E-state index contributed by atoms with van der Waals surface area (Å²) in [6, 6.07) is 8.18. The lowest BCUT2D eigenvalue weighted by atomic mass is 9.96. The number of rotatable bonds is 6. The van der Waals surface area contributed by atoms with Crippen molar-refractivity contribution in [2.45, 2.75) is 58.0 Å². The quantitative estimate of drug-likeness (QED) is 0.772. The van der Waals surface area contributed by atoms with Crippen LogP contribution in [0.3, 0.4) is 0 Å². The number of carbonyl (C=O) groups is 1. The van der Waals surface area contributed by atoms with E-state index in [1.165, 1.54) is 5.56 Å². The summed E-state index contributed by atoms with van der Waals surface area (Å²) in [5.74, 6) is 2.01. The zero-order valence-corrected chi connectivity index (χ0v) is 18.5. The Hall–Kier alpha value is -2.67. The first-order valence-corrected chi connectivity index (χ1v) is 11.3. The number of aromatic nitrogens is 2. The normalized spacial score (nSPS) is 19.2. The summed E-state index contributed by atoms with van der Waals surface area (Å²) < 4.78 is 5.34. The molecule has 1 aromatic heterocycles. The number of ether oxygens (including phenoxy) is 1. The third kappa shape index (κ3) is 4.98. The second kappa shape index (κ2) is 9.64. The molecule has 7 heteroatoms. The van der Waals surface area contributed by atoms with Crippen molar-refractivity contribution in [1.29, 1.82) is 0 Å². The van der Waals surface area contributed by atoms with Crippen LogP contribution in [-0.2, 0) is 24.3 Å². The van der Waals surface area contributed by atoms with E-state index in [4.69, 9.17) is 9.72 Å². The molecule has 0 radical (unpaired) electrons. The van der Waals surface area contributed by atoms with Gasteiger partial charge in [-0.15, -0.1) is 0 Å². The number of carbonyl (C=O) groups excluding carboxylic acids is 1. The third-order valence-corrected chi connectivity index (χ3v) is 6.34. The molecule has 1 amide bonds. The summed E-state index contributed by atoms with van der Waals surface area (Å²) >= 11 is 0. The van der Waals surface area contributed by atoms with Crippen molar-refractivity contribution in [3.8, 4) is 5.75 Å². The molecule has 1 unspecified atom stereocenters. The minimum atomic E-state index is -0.0843. The molecule has 0 saturated carbocycles. The number of methoxy groups -OCH3 is 1. The zero-order valence-electron chi connectivity index (χ0n) is 18.5. The van der Waals surface area contributed by atoms with Crippen LogP contribution >= 0.6 is 0 Å². The number of fused-ring (bicyclic) bond motifs is 1. The van der Waals surface area contributed by atoms with E-state index in [-0.39, 0.29) is 17.4 Å². The van der Waals surface area contributed by atoms with Gasteiger partial charge in [-0.25, -0.2) is 4.98 Å². The molecule has 7 nitrogen and oxygen atoms in total. The number of nitrogens with one attached hydrogen (secondary N) is 1. The van der Waals surface area contributed by atoms with E-state index in [1.54, 1.807) is 12.0 Å². The molecule has 1 saturated heterocycles. The fraction of sp³-hybridized carbons (Fsp3) is 0.542. The first-order chi connectivity index (χ1) is 15.1. The number of piperidine rings is 1. The number of H-pyrrole nitrogens is 1. The summed E-state index contributed by atoms with van der Waals surface area (Å²) in [5, 5.41) is 0.